The Kier molecular flexibility index (Phi) is 2.79. The number of aromatic nitrogens is 2. The van der Waals surface area contributed by atoms with Crippen molar-refractivity contribution in [1.82, 2.24) is 15.1 Å². The molecule has 1 saturated heterocycles. The van der Waals surface area contributed by atoms with Gasteiger partial charge in [-0.05, 0) is 49.0 Å². The van der Waals surface area contributed by atoms with E-state index in [-0.39, 0.29) is 28.7 Å². The van der Waals surface area contributed by atoms with Gasteiger partial charge in [0.1, 0.15) is 5.52 Å². The summed E-state index contributed by atoms with van der Waals surface area (Å²) in [7, 11) is 0. The summed E-state index contributed by atoms with van der Waals surface area (Å²) in [6.45, 7) is 1.99. The largest absolute Gasteiger partial charge is 0.366 e. The molecule has 0 bridgehead atoms. The third-order valence-corrected chi connectivity index (χ3v) is 4.42. The summed E-state index contributed by atoms with van der Waals surface area (Å²) in [6, 6.07) is 6.54. The van der Waals surface area contributed by atoms with E-state index < -0.39 is 18.0 Å². The highest BCUT2D eigenvalue weighted by molar-refractivity contribution is 6.04. The van der Waals surface area contributed by atoms with Gasteiger partial charge in [0, 0.05) is 18.1 Å². The summed E-state index contributed by atoms with van der Waals surface area (Å²) < 4.78 is 33.7. The highest BCUT2D eigenvalue weighted by Gasteiger charge is 2.15. The van der Waals surface area contributed by atoms with Crippen LogP contribution in [-0.4, -0.2) is 28.8 Å². The minimum absolute atomic E-state index is 0.0176. The molecule has 2 aromatic carbocycles. The number of primary amides is 1. The van der Waals surface area contributed by atoms with Crippen molar-refractivity contribution < 1.29 is 10.3 Å². The molecule has 0 radical (unpaired) electrons. The molecular weight excluding hydrogens is 300 g/mol. The smallest absolute Gasteiger partial charge is 0.250 e. The van der Waals surface area contributed by atoms with Crippen LogP contribution in [0.5, 0.6) is 0 Å². The minimum atomic E-state index is -0.895. The Morgan fingerprint density at radius 3 is 2.88 bits per heavy atom. The molecule has 1 atom stereocenters. The highest BCUT2D eigenvalue weighted by atomic mass is 16.1. The maximum Gasteiger partial charge on any atom is 0.250 e. The van der Waals surface area contributed by atoms with E-state index in [9.17, 15) is 4.79 Å². The Bertz CT molecular complexity index is 1070. The number of nitrogens with two attached hydrogens (primary N) is 1. The molecule has 122 valence electrons. The molecule has 0 saturated carbocycles. The maximum absolute atomic E-state index is 11.8. The standard InChI is InChI=1S/C19H20N4O/c20-19(24)17-5-1-3-15-12-23(22-18(15)17)16-8-6-13(7-9-16)14-4-2-10-21-11-14/h1,3,5-9,12,14,21H,2,4,10-11H2,(H2,20,24)/t14-/m1/s1/i1D,3D,5D,12D. The average molecular weight is 324 g/mol. The number of nitrogens with one attached hydrogen (secondary N) is 1. The zero-order chi connectivity index (χ0) is 20.0. The fourth-order valence-electron chi connectivity index (χ4n) is 3.14. The van der Waals surface area contributed by atoms with Crippen LogP contribution in [0.1, 0.15) is 40.2 Å². The molecule has 3 aromatic rings. The number of rotatable bonds is 3. The summed E-state index contributed by atoms with van der Waals surface area (Å²) in [6.07, 6.45) is 2.16. The van der Waals surface area contributed by atoms with Crippen molar-refractivity contribution in [3.05, 3.63) is 59.7 Å². The van der Waals surface area contributed by atoms with Crippen molar-refractivity contribution in [2.24, 2.45) is 5.73 Å². The number of hydrogen-bond donors (Lipinski definition) is 2. The first-order chi connectivity index (χ1) is 13.4. The van der Waals surface area contributed by atoms with Gasteiger partial charge in [0.05, 0.1) is 16.7 Å². The summed E-state index contributed by atoms with van der Waals surface area (Å²) in [5.74, 6) is -0.443. The molecule has 1 fully saturated rings. The van der Waals surface area contributed by atoms with Crippen molar-refractivity contribution in [3.8, 4) is 5.69 Å². The number of nitrogens with zero attached hydrogens (tertiary/aromatic N) is 2. The van der Waals surface area contributed by atoms with Gasteiger partial charge in [-0.1, -0.05) is 24.2 Å². The summed E-state index contributed by atoms with van der Waals surface area (Å²) >= 11 is 0. The average Bonchev–Trinajstić information content (AvgIpc) is 3.04. The highest BCUT2D eigenvalue weighted by Crippen LogP contribution is 2.25. The molecule has 1 aromatic heterocycles. The van der Waals surface area contributed by atoms with E-state index in [2.05, 4.69) is 10.4 Å². The molecule has 4 rings (SSSR count). The van der Waals surface area contributed by atoms with Gasteiger partial charge >= 0.3 is 0 Å². The van der Waals surface area contributed by atoms with Crippen LogP contribution in [-0.2, 0) is 0 Å². The molecule has 0 aliphatic carbocycles. The molecule has 1 aliphatic heterocycles. The third kappa shape index (κ3) is 2.67. The van der Waals surface area contributed by atoms with Crippen molar-refractivity contribution in [3.63, 3.8) is 0 Å². The topological polar surface area (TPSA) is 72.9 Å². The molecule has 1 amide bonds. The number of amides is 1. The van der Waals surface area contributed by atoms with E-state index in [0.717, 1.165) is 25.9 Å². The molecule has 3 N–H and O–H groups in total. The lowest BCUT2D eigenvalue weighted by molar-refractivity contribution is 0.100. The number of benzene rings is 2. The van der Waals surface area contributed by atoms with Gasteiger partial charge in [-0.2, -0.15) is 5.10 Å². The fraction of sp³-hybridized carbons (Fsp3) is 0.263. The van der Waals surface area contributed by atoms with Crippen LogP contribution in [0, 0.1) is 0 Å². The minimum Gasteiger partial charge on any atom is -0.366 e. The van der Waals surface area contributed by atoms with Crippen LogP contribution in [0.15, 0.2) is 48.6 Å². The van der Waals surface area contributed by atoms with Gasteiger partial charge in [-0.25, -0.2) is 4.68 Å². The third-order valence-electron chi connectivity index (χ3n) is 4.42. The normalized spacial score (nSPS) is 20.2. The van der Waals surface area contributed by atoms with E-state index in [1.807, 2.05) is 24.3 Å². The number of carbonyl (C=O) groups excluding carboxylic acids is 1. The lowest BCUT2D eigenvalue weighted by Gasteiger charge is -2.23. The van der Waals surface area contributed by atoms with Gasteiger partial charge in [-0.15, -0.1) is 0 Å². The van der Waals surface area contributed by atoms with Crippen LogP contribution in [0.4, 0.5) is 0 Å². The second-order valence-electron chi connectivity index (χ2n) is 6.00. The number of piperidine rings is 1. The number of hydrogen-bond acceptors (Lipinski definition) is 3. The van der Waals surface area contributed by atoms with E-state index in [0.29, 0.717) is 11.6 Å². The van der Waals surface area contributed by atoms with Gasteiger partial charge in [0.2, 0.25) is 0 Å². The fourth-order valence-corrected chi connectivity index (χ4v) is 3.14. The van der Waals surface area contributed by atoms with E-state index >= 15 is 0 Å². The lowest BCUT2D eigenvalue weighted by atomic mass is 9.92. The first-order valence-electron chi connectivity index (χ1n) is 10.00. The maximum atomic E-state index is 11.8. The van der Waals surface area contributed by atoms with E-state index in [1.165, 1.54) is 10.2 Å². The molecule has 0 spiro atoms. The van der Waals surface area contributed by atoms with Crippen molar-refractivity contribution in [2.45, 2.75) is 18.8 Å². The summed E-state index contributed by atoms with van der Waals surface area (Å²) in [4.78, 5) is 11.8. The molecule has 0 unspecified atom stereocenters. The lowest BCUT2D eigenvalue weighted by Crippen LogP contribution is -2.28. The Hall–Kier alpha value is -2.66. The molecular formula is C19H20N4O. The summed E-state index contributed by atoms with van der Waals surface area (Å²) in [5.41, 5.74) is 6.99. The SMILES string of the molecule is [2H]c1c([2H])c([2H])c2c([2H])n(-c3ccc([C@@H]4CCCNC4)cc3)nc2c1C(N)=O. The van der Waals surface area contributed by atoms with Gasteiger partial charge in [0.25, 0.3) is 5.91 Å². The summed E-state index contributed by atoms with van der Waals surface area (Å²) in [5, 5.41) is 7.74. The Labute approximate surface area is 146 Å². The Morgan fingerprint density at radius 2 is 2.17 bits per heavy atom. The van der Waals surface area contributed by atoms with Gasteiger partial charge in [0.15, 0.2) is 0 Å². The Morgan fingerprint density at radius 1 is 1.33 bits per heavy atom. The monoisotopic (exact) mass is 324 g/mol. The second-order valence-corrected chi connectivity index (χ2v) is 6.00. The first kappa shape index (κ1) is 11.0. The molecule has 1 aliphatic rings. The molecule has 24 heavy (non-hydrogen) atoms. The van der Waals surface area contributed by atoms with Crippen molar-refractivity contribution in [1.29, 1.82) is 0 Å². The Balaban J connectivity index is 1.83. The second kappa shape index (κ2) is 6.09. The van der Waals surface area contributed by atoms with Gasteiger partial charge in [-0.3, -0.25) is 4.79 Å². The molecule has 2 heterocycles. The first-order valence-corrected chi connectivity index (χ1v) is 8.00. The molecule has 5 heteroatoms. The van der Waals surface area contributed by atoms with Crippen LogP contribution in [0.2, 0.25) is 0 Å². The number of fused-ring (bicyclic) bond motifs is 1. The predicted octanol–water partition coefficient (Wildman–Crippen LogP) is 2.59. The van der Waals surface area contributed by atoms with Crippen LogP contribution in [0.3, 0.4) is 0 Å². The predicted molar refractivity (Wildman–Crippen MR) is 94.4 cm³/mol. The van der Waals surface area contributed by atoms with E-state index in [1.54, 1.807) is 0 Å². The van der Waals surface area contributed by atoms with Crippen LogP contribution >= 0.6 is 0 Å². The van der Waals surface area contributed by atoms with Crippen molar-refractivity contribution in [2.75, 3.05) is 13.1 Å². The number of carbonyl (C=O) groups is 1. The van der Waals surface area contributed by atoms with E-state index in [4.69, 9.17) is 11.2 Å². The zero-order valence-corrected chi connectivity index (χ0v) is 13.1. The van der Waals surface area contributed by atoms with Gasteiger partial charge < -0.3 is 11.1 Å². The van der Waals surface area contributed by atoms with Crippen molar-refractivity contribution >= 4 is 16.8 Å². The zero-order valence-electron chi connectivity index (χ0n) is 17.1. The van der Waals surface area contributed by atoms with Crippen LogP contribution in [0.25, 0.3) is 16.6 Å². The quantitative estimate of drug-likeness (QED) is 0.778. The van der Waals surface area contributed by atoms with Crippen LogP contribution < -0.4 is 11.1 Å². The molecule has 5 nitrogen and oxygen atoms in total.